The van der Waals surface area contributed by atoms with E-state index in [0.29, 0.717) is 22.3 Å². The number of nitrogens with two attached hydrogens (primary N) is 1. The summed E-state index contributed by atoms with van der Waals surface area (Å²) < 4.78 is 10.3. The molecule has 0 aliphatic rings. The maximum atomic E-state index is 12.0. The van der Waals surface area contributed by atoms with E-state index in [1.165, 1.54) is 38.6 Å². The molecule has 29 heavy (non-hydrogen) atoms. The van der Waals surface area contributed by atoms with Gasteiger partial charge < -0.3 is 20.5 Å². The number of esters is 2. The van der Waals surface area contributed by atoms with E-state index in [9.17, 15) is 14.4 Å². The minimum atomic E-state index is -0.679. The van der Waals surface area contributed by atoms with Crippen molar-refractivity contribution in [2.45, 2.75) is 0 Å². The van der Waals surface area contributed by atoms with Crippen molar-refractivity contribution in [2.75, 3.05) is 19.5 Å². The summed E-state index contributed by atoms with van der Waals surface area (Å²) in [5, 5.41) is 3.72. The van der Waals surface area contributed by atoms with E-state index < -0.39 is 17.8 Å². The predicted molar refractivity (Wildman–Crippen MR) is 110 cm³/mol. The normalized spacial score (nSPS) is 10.4. The molecule has 0 radical (unpaired) electrons. The van der Waals surface area contributed by atoms with Crippen LogP contribution in [0.5, 0.6) is 0 Å². The number of carbonyl (C=O) groups excluding carboxylic acids is 3. The number of carbonyl (C=O) groups is 3. The van der Waals surface area contributed by atoms with Crippen LogP contribution < -0.4 is 11.1 Å². The summed E-state index contributed by atoms with van der Waals surface area (Å²) in [6.45, 7) is 0. The lowest BCUT2D eigenvalue weighted by molar-refractivity contribution is 0.0599. The molecular formula is C20H16BrN3O5. The molecule has 0 aliphatic carbocycles. The number of pyridine rings is 1. The zero-order valence-electron chi connectivity index (χ0n) is 15.5. The Labute approximate surface area is 174 Å². The van der Waals surface area contributed by atoms with Crippen molar-refractivity contribution in [1.82, 2.24) is 4.98 Å². The molecule has 0 saturated heterocycles. The Morgan fingerprint density at radius 1 is 1.00 bits per heavy atom. The number of anilines is 2. The molecule has 148 valence electrons. The Bertz CT molecular complexity index is 1110. The first-order chi connectivity index (χ1) is 13.8. The fourth-order valence-corrected chi connectivity index (χ4v) is 3.15. The second-order valence-electron chi connectivity index (χ2n) is 5.98. The SMILES string of the molecule is COC(=O)c1cc(Nc2c(C(N)=O)cnc3cc(Br)ccc23)cc(C(=O)OC)c1. The topological polar surface area (TPSA) is 121 Å². The Kier molecular flexibility index (Phi) is 5.79. The molecule has 9 heteroatoms. The van der Waals surface area contributed by atoms with Crippen LogP contribution in [0, 0.1) is 0 Å². The number of hydrogen-bond donors (Lipinski definition) is 2. The third kappa shape index (κ3) is 4.19. The predicted octanol–water partition coefficient (Wildman–Crippen LogP) is 3.41. The van der Waals surface area contributed by atoms with Gasteiger partial charge in [-0.2, -0.15) is 0 Å². The van der Waals surface area contributed by atoms with Crippen LogP contribution >= 0.6 is 15.9 Å². The molecule has 0 atom stereocenters. The summed E-state index contributed by atoms with van der Waals surface area (Å²) in [6, 6.07) is 9.70. The Morgan fingerprint density at radius 2 is 1.62 bits per heavy atom. The lowest BCUT2D eigenvalue weighted by Gasteiger charge is -2.15. The lowest BCUT2D eigenvalue weighted by Crippen LogP contribution is -2.14. The highest BCUT2D eigenvalue weighted by molar-refractivity contribution is 9.10. The highest BCUT2D eigenvalue weighted by Crippen LogP contribution is 2.31. The fourth-order valence-electron chi connectivity index (χ4n) is 2.80. The maximum absolute atomic E-state index is 12.0. The summed E-state index contributed by atoms with van der Waals surface area (Å²) in [5.74, 6) is -1.93. The van der Waals surface area contributed by atoms with Crippen LogP contribution in [0.1, 0.15) is 31.1 Å². The van der Waals surface area contributed by atoms with Crippen LogP contribution in [-0.2, 0) is 9.47 Å². The third-order valence-corrected chi connectivity index (χ3v) is 4.63. The first-order valence-corrected chi connectivity index (χ1v) is 9.10. The standard InChI is InChI=1S/C20H16BrN3O5/c1-28-19(26)10-5-11(20(27)29-2)7-13(6-10)24-17-14-4-3-12(21)8-16(14)23-9-15(17)18(22)25/h3-9H,1-2H3,(H2,22,25)(H,23,24). The Hall–Kier alpha value is -3.46. The fraction of sp³-hybridized carbons (Fsp3) is 0.100. The lowest BCUT2D eigenvalue weighted by atomic mass is 10.1. The molecule has 1 amide bonds. The molecule has 1 aromatic heterocycles. The quantitative estimate of drug-likeness (QED) is 0.562. The van der Waals surface area contributed by atoms with Crippen LogP contribution in [0.25, 0.3) is 10.9 Å². The average Bonchev–Trinajstić information content (AvgIpc) is 2.71. The summed E-state index contributed by atoms with van der Waals surface area (Å²) in [4.78, 5) is 40.2. The largest absolute Gasteiger partial charge is 0.465 e. The van der Waals surface area contributed by atoms with Crippen LogP contribution in [0.2, 0.25) is 0 Å². The molecule has 2 aromatic carbocycles. The minimum absolute atomic E-state index is 0.139. The third-order valence-electron chi connectivity index (χ3n) is 4.14. The molecule has 0 fully saturated rings. The molecule has 3 rings (SSSR count). The van der Waals surface area contributed by atoms with Crippen LogP contribution in [0.4, 0.5) is 11.4 Å². The zero-order chi connectivity index (χ0) is 21.1. The number of nitrogens with zero attached hydrogens (tertiary/aromatic N) is 1. The van der Waals surface area contributed by atoms with E-state index in [4.69, 9.17) is 15.2 Å². The molecule has 3 aromatic rings. The number of fused-ring (bicyclic) bond motifs is 1. The van der Waals surface area contributed by atoms with Crippen molar-refractivity contribution in [1.29, 1.82) is 0 Å². The summed E-state index contributed by atoms with van der Waals surface area (Å²) >= 11 is 3.38. The van der Waals surface area contributed by atoms with Crippen molar-refractivity contribution in [3.63, 3.8) is 0 Å². The van der Waals surface area contributed by atoms with Gasteiger partial charge >= 0.3 is 11.9 Å². The number of ether oxygens (including phenoxy) is 2. The monoisotopic (exact) mass is 457 g/mol. The second-order valence-corrected chi connectivity index (χ2v) is 6.90. The van der Waals surface area contributed by atoms with E-state index in [2.05, 4.69) is 26.2 Å². The number of benzene rings is 2. The van der Waals surface area contributed by atoms with Crippen molar-refractivity contribution in [2.24, 2.45) is 5.73 Å². The number of amides is 1. The van der Waals surface area contributed by atoms with Gasteiger partial charge in [0.1, 0.15) is 0 Å². The number of nitrogens with one attached hydrogen (secondary N) is 1. The highest BCUT2D eigenvalue weighted by Gasteiger charge is 2.17. The zero-order valence-corrected chi connectivity index (χ0v) is 17.1. The Balaban J connectivity index is 2.19. The maximum Gasteiger partial charge on any atom is 0.337 e. The van der Waals surface area contributed by atoms with Gasteiger partial charge in [-0.3, -0.25) is 9.78 Å². The van der Waals surface area contributed by atoms with Crippen molar-refractivity contribution >= 4 is 56.1 Å². The molecule has 1 heterocycles. The molecule has 8 nitrogen and oxygen atoms in total. The van der Waals surface area contributed by atoms with Crippen molar-refractivity contribution in [3.05, 3.63) is 63.8 Å². The molecule has 0 saturated carbocycles. The molecule has 3 N–H and O–H groups in total. The first kappa shape index (κ1) is 20.3. The van der Waals surface area contributed by atoms with E-state index in [1.807, 2.05) is 0 Å². The number of primary amides is 1. The van der Waals surface area contributed by atoms with Gasteiger partial charge in [-0.05, 0) is 36.4 Å². The van der Waals surface area contributed by atoms with E-state index in [1.54, 1.807) is 18.2 Å². The van der Waals surface area contributed by atoms with Crippen LogP contribution in [0.3, 0.4) is 0 Å². The number of hydrogen-bond acceptors (Lipinski definition) is 7. The van der Waals surface area contributed by atoms with Gasteiger partial charge in [0.2, 0.25) is 0 Å². The minimum Gasteiger partial charge on any atom is -0.465 e. The van der Waals surface area contributed by atoms with Gasteiger partial charge in [0.15, 0.2) is 0 Å². The van der Waals surface area contributed by atoms with E-state index >= 15 is 0 Å². The van der Waals surface area contributed by atoms with Crippen molar-refractivity contribution < 1.29 is 23.9 Å². The van der Waals surface area contributed by atoms with E-state index in [0.717, 1.165) is 4.47 Å². The molecule has 0 bridgehead atoms. The highest BCUT2D eigenvalue weighted by atomic mass is 79.9. The van der Waals surface area contributed by atoms with Gasteiger partial charge in [-0.15, -0.1) is 0 Å². The number of aromatic nitrogens is 1. The van der Waals surface area contributed by atoms with Crippen LogP contribution in [-0.4, -0.2) is 37.0 Å². The molecule has 0 aliphatic heterocycles. The van der Waals surface area contributed by atoms with Gasteiger partial charge in [0.05, 0.1) is 42.1 Å². The average molecular weight is 458 g/mol. The van der Waals surface area contributed by atoms with Gasteiger partial charge in [-0.25, -0.2) is 9.59 Å². The Morgan fingerprint density at radius 3 is 2.17 bits per heavy atom. The smallest absolute Gasteiger partial charge is 0.337 e. The number of halogens is 1. The molecule has 0 unspecified atom stereocenters. The van der Waals surface area contributed by atoms with Gasteiger partial charge in [-0.1, -0.05) is 15.9 Å². The number of methoxy groups -OCH3 is 2. The molecular weight excluding hydrogens is 442 g/mol. The summed E-state index contributed by atoms with van der Waals surface area (Å²) in [5.41, 5.74) is 7.32. The van der Waals surface area contributed by atoms with Gasteiger partial charge in [0, 0.05) is 21.7 Å². The summed E-state index contributed by atoms with van der Waals surface area (Å²) in [7, 11) is 2.47. The summed E-state index contributed by atoms with van der Waals surface area (Å²) in [6.07, 6.45) is 1.37. The molecule has 0 spiro atoms. The number of rotatable bonds is 5. The second kappa shape index (κ2) is 8.27. The first-order valence-electron chi connectivity index (χ1n) is 8.31. The van der Waals surface area contributed by atoms with Gasteiger partial charge in [0.25, 0.3) is 5.91 Å². The van der Waals surface area contributed by atoms with Crippen LogP contribution in [0.15, 0.2) is 47.1 Å². The van der Waals surface area contributed by atoms with Crippen molar-refractivity contribution in [3.8, 4) is 0 Å². The van der Waals surface area contributed by atoms with E-state index in [-0.39, 0.29) is 16.7 Å².